The van der Waals surface area contributed by atoms with Gasteiger partial charge in [-0.2, -0.15) is 0 Å². The zero-order chi connectivity index (χ0) is 18.9. The predicted molar refractivity (Wildman–Crippen MR) is 110 cm³/mol. The minimum atomic E-state index is -0.198. The number of para-hydroxylation sites is 3. The molecule has 0 unspecified atom stereocenters. The summed E-state index contributed by atoms with van der Waals surface area (Å²) in [7, 11) is 0. The van der Waals surface area contributed by atoms with Gasteiger partial charge in [-0.15, -0.1) is 11.8 Å². The van der Waals surface area contributed by atoms with E-state index in [1.54, 1.807) is 23.9 Å². The van der Waals surface area contributed by atoms with Crippen molar-refractivity contribution in [2.75, 3.05) is 24.8 Å². The maximum absolute atomic E-state index is 12.7. The average Bonchev–Trinajstić information content (AvgIpc) is 2.72. The second kappa shape index (κ2) is 9.69. The number of carbonyl (C=O) groups is 1. The molecular formula is C22H21NO3S. The second-order valence-electron chi connectivity index (χ2n) is 5.66. The molecular weight excluding hydrogens is 358 g/mol. The standard InChI is InChI=1S/C22H21NO3S/c1-27-21-14-8-6-12-19(21)23-22(24)18-11-5-7-13-20(18)26-16-15-25-17-9-3-2-4-10-17/h2-14H,15-16H2,1H3,(H,23,24). The van der Waals surface area contributed by atoms with Gasteiger partial charge in [-0.05, 0) is 42.7 Å². The van der Waals surface area contributed by atoms with Crippen molar-refractivity contribution in [2.24, 2.45) is 0 Å². The van der Waals surface area contributed by atoms with Crippen LogP contribution < -0.4 is 14.8 Å². The van der Waals surface area contributed by atoms with E-state index in [2.05, 4.69) is 5.32 Å². The molecule has 0 aliphatic heterocycles. The Balaban J connectivity index is 1.62. The van der Waals surface area contributed by atoms with Gasteiger partial charge in [0.2, 0.25) is 0 Å². The molecule has 0 radical (unpaired) electrons. The quantitative estimate of drug-likeness (QED) is 0.436. The van der Waals surface area contributed by atoms with Crippen molar-refractivity contribution in [1.29, 1.82) is 0 Å². The van der Waals surface area contributed by atoms with E-state index in [4.69, 9.17) is 9.47 Å². The number of rotatable bonds is 8. The first kappa shape index (κ1) is 18.9. The van der Waals surface area contributed by atoms with Crippen LogP contribution in [0, 0.1) is 0 Å². The van der Waals surface area contributed by atoms with Crippen LogP contribution in [-0.4, -0.2) is 25.4 Å². The zero-order valence-corrected chi connectivity index (χ0v) is 15.9. The monoisotopic (exact) mass is 379 g/mol. The third-order valence-corrected chi connectivity index (χ3v) is 4.64. The maximum Gasteiger partial charge on any atom is 0.259 e. The molecule has 0 saturated heterocycles. The number of hydrogen-bond donors (Lipinski definition) is 1. The van der Waals surface area contributed by atoms with E-state index in [1.165, 1.54) is 0 Å². The summed E-state index contributed by atoms with van der Waals surface area (Å²) in [5, 5.41) is 2.96. The smallest absolute Gasteiger partial charge is 0.259 e. The van der Waals surface area contributed by atoms with Crippen molar-refractivity contribution in [3.63, 3.8) is 0 Å². The number of anilines is 1. The van der Waals surface area contributed by atoms with Crippen molar-refractivity contribution >= 4 is 23.4 Å². The molecule has 0 aliphatic rings. The number of nitrogens with one attached hydrogen (secondary N) is 1. The van der Waals surface area contributed by atoms with Gasteiger partial charge in [-0.25, -0.2) is 0 Å². The van der Waals surface area contributed by atoms with Crippen molar-refractivity contribution < 1.29 is 14.3 Å². The Morgan fingerprint density at radius 2 is 1.52 bits per heavy atom. The Labute approximate surface area is 163 Å². The summed E-state index contributed by atoms with van der Waals surface area (Å²) in [6.07, 6.45) is 1.98. The van der Waals surface area contributed by atoms with E-state index < -0.39 is 0 Å². The van der Waals surface area contributed by atoms with Crippen LogP contribution in [0.1, 0.15) is 10.4 Å². The lowest BCUT2D eigenvalue weighted by Crippen LogP contribution is -2.16. The molecule has 0 spiro atoms. The van der Waals surface area contributed by atoms with Crippen LogP contribution in [0.5, 0.6) is 11.5 Å². The number of carbonyl (C=O) groups excluding carboxylic acids is 1. The molecule has 3 aromatic rings. The zero-order valence-electron chi connectivity index (χ0n) is 15.1. The summed E-state index contributed by atoms with van der Waals surface area (Å²) in [6, 6.07) is 24.5. The van der Waals surface area contributed by atoms with E-state index in [-0.39, 0.29) is 5.91 Å². The molecule has 27 heavy (non-hydrogen) atoms. The van der Waals surface area contributed by atoms with Crippen molar-refractivity contribution in [1.82, 2.24) is 0 Å². The SMILES string of the molecule is CSc1ccccc1NC(=O)c1ccccc1OCCOc1ccccc1. The number of ether oxygens (including phenoxy) is 2. The molecule has 3 aromatic carbocycles. The van der Waals surface area contributed by atoms with Gasteiger partial charge in [-0.3, -0.25) is 4.79 Å². The van der Waals surface area contributed by atoms with E-state index in [1.807, 2.05) is 73.0 Å². The Kier molecular flexibility index (Phi) is 6.77. The van der Waals surface area contributed by atoms with Gasteiger partial charge in [0.1, 0.15) is 24.7 Å². The van der Waals surface area contributed by atoms with E-state index in [0.29, 0.717) is 24.5 Å². The predicted octanol–water partition coefficient (Wildman–Crippen LogP) is 5.12. The highest BCUT2D eigenvalue weighted by atomic mass is 32.2. The van der Waals surface area contributed by atoms with E-state index in [9.17, 15) is 4.79 Å². The molecule has 4 nitrogen and oxygen atoms in total. The molecule has 5 heteroatoms. The van der Waals surface area contributed by atoms with Crippen molar-refractivity contribution in [2.45, 2.75) is 4.90 Å². The van der Waals surface area contributed by atoms with Crippen LogP contribution in [-0.2, 0) is 0 Å². The first-order valence-corrected chi connectivity index (χ1v) is 9.84. The molecule has 0 aliphatic carbocycles. The van der Waals surface area contributed by atoms with Gasteiger partial charge in [0, 0.05) is 4.90 Å². The summed E-state index contributed by atoms with van der Waals surface area (Å²) < 4.78 is 11.4. The lowest BCUT2D eigenvalue weighted by molar-refractivity contribution is 0.102. The van der Waals surface area contributed by atoms with E-state index in [0.717, 1.165) is 16.3 Å². The fourth-order valence-electron chi connectivity index (χ4n) is 2.55. The second-order valence-corrected chi connectivity index (χ2v) is 6.51. The van der Waals surface area contributed by atoms with Gasteiger partial charge in [-0.1, -0.05) is 42.5 Å². The molecule has 0 heterocycles. The van der Waals surface area contributed by atoms with Crippen LogP contribution in [0.15, 0.2) is 83.8 Å². The molecule has 138 valence electrons. The molecule has 0 bridgehead atoms. The lowest BCUT2D eigenvalue weighted by Gasteiger charge is -2.13. The Bertz CT molecular complexity index is 883. The summed E-state index contributed by atoms with van der Waals surface area (Å²) >= 11 is 1.59. The van der Waals surface area contributed by atoms with E-state index >= 15 is 0 Å². The highest BCUT2D eigenvalue weighted by Gasteiger charge is 2.13. The molecule has 0 fully saturated rings. The fourth-order valence-corrected chi connectivity index (χ4v) is 3.10. The number of benzene rings is 3. The van der Waals surface area contributed by atoms with Crippen LogP contribution in [0.3, 0.4) is 0 Å². The summed E-state index contributed by atoms with van der Waals surface area (Å²) in [5.74, 6) is 1.13. The van der Waals surface area contributed by atoms with Gasteiger partial charge in [0.05, 0.1) is 11.3 Å². The fraction of sp³-hybridized carbons (Fsp3) is 0.136. The Morgan fingerprint density at radius 1 is 0.852 bits per heavy atom. The van der Waals surface area contributed by atoms with Gasteiger partial charge >= 0.3 is 0 Å². The van der Waals surface area contributed by atoms with Crippen LogP contribution in [0.25, 0.3) is 0 Å². The van der Waals surface area contributed by atoms with Gasteiger partial charge < -0.3 is 14.8 Å². The minimum absolute atomic E-state index is 0.198. The lowest BCUT2D eigenvalue weighted by atomic mass is 10.2. The number of thioether (sulfide) groups is 1. The molecule has 1 amide bonds. The molecule has 3 rings (SSSR count). The number of amides is 1. The van der Waals surface area contributed by atoms with Crippen LogP contribution in [0.4, 0.5) is 5.69 Å². The first-order chi connectivity index (χ1) is 13.3. The van der Waals surface area contributed by atoms with Crippen molar-refractivity contribution in [3.05, 3.63) is 84.4 Å². The van der Waals surface area contributed by atoms with Gasteiger partial charge in [0.15, 0.2) is 0 Å². The van der Waals surface area contributed by atoms with Crippen LogP contribution >= 0.6 is 11.8 Å². The van der Waals surface area contributed by atoms with Gasteiger partial charge in [0.25, 0.3) is 5.91 Å². The normalized spacial score (nSPS) is 10.3. The Morgan fingerprint density at radius 3 is 2.33 bits per heavy atom. The summed E-state index contributed by atoms with van der Waals surface area (Å²) in [4.78, 5) is 13.7. The minimum Gasteiger partial charge on any atom is -0.490 e. The Hall–Kier alpha value is -2.92. The average molecular weight is 379 g/mol. The highest BCUT2D eigenvalue weighted by molar-refractivity contribution is 7.98. The van der Waals surface area contributed by atoms with Crippen LogP contribution in [0.2, 0.25) is 0 Å². The molecule has 1 N–H and O–H groups in total. The summed E-state index contributed by atoms with van der Waals surface area (Å²) in [5.41, 5.74) is 1.28. The summed E-state index contributed by atoms with van der Waals surface area (Å²) in [6.45, 7) is 0.746. The topological polar surface area (TPSA) is 47.6 Å². The highest BCUT2D eigenvalue weighted by Crippen LogP contribution is 2.26. The molecule has 0 aromatic heterocycles. The number of hydrogen-bond acceptors (Lipinski definition) is 4. The largest absolute Gasteiger partial charge is 0.490 e. The molecule has 0 atom stereocenters. The molecule has 0 saturated carbocycles. The van der Waals surface area contributed by atoms with Crippen molar-refractivity contribution in [3.8, 4) is 11.5 Å². The first-order valence-electron chi connectivity index (χ1n) is 8.62. The third-order valence-electron chi connectivity index (χ3n) is 3.84. The maximum atomic E-state index is 12.7. The third kappa shape index (κ3) is 5.28.